The van der Waals surface area contributed by atoms with E-state index in [1.165, 1.54) is 50.6 Å². The number of fused-ring (bicyclic) bond motifs is 2. The van der Waals surface area contributed by atoms with Crippen LogP contribution in [-0.2, 0) is 19.1 Å². The number of aromatic nitrogens is 6. The highest BCUT2D eigenvalue weighted by molar-refractivity contribution is 6.42. The van der Waals surface area contributed by atoms with Gasteiger partial charge in [-0.1, -0.05) is 59.6 Å². The van der Waals surface area contributed by atoms with Crippen molar-refractivity contribution in [1.29, 1.82) is 0 Å². The van der Waals surface area contributed by atoms with Crippen LogP contribution in [0.25, 0.3) is 49.2 Å². The summed E-state index contributed by atoms with van der Waals surface area (Å²) in [5.41, 5.74) is 2.02. The second-order valence-electron chi connectivity index (χ2n) is 19.0. The van der Waals surface area contributed by atoms with Gasteiger partial charge >= 0.3 is 6.73 Å². The number of nitrogens with one attached hydrogen (secondary N) is 4. The van der Waals surface area contributed by atoms with Gasteiger partial charge < -0.3 is 59.5 Å². The molecular weight excluding hydrogens is 1130 g/mol. The predicted octanol–water partition coefficient (Wildman–Crippen LogP) is 8.34. The molecule has 0 bridgehead atoms. The van der Waals surface area contributed by atoms with Gasteiger partial charge in [-0.3, -0.25) is 9.59 Å². The first-order valence-corrected chi connectivity index (χ1v) is 26.6. The van der Waals surface area contributed by atoms with Crippen molar-refractivity contribution in [1.82, 2.24) is 40.5 Å². The summed E-state index contributed by atoms with van der Waals surface area (Å²) in [6, 6.07) is 8.27. The third-order valence-corrected chi connectivity index (χ3v) is 15.4. The van der Waals surface area contributed by atoms with Gasteiger partial charge in [0.1, 0.15) is 34.2 Å². The SMILES string of the molecule is C=CC(=O)N[C@H]1COC[C@H]1Nc1ncc2cc(-c3c(Cl)c(OC)cc(OC)c3Cl)nc(N3CCC(C#[N+]COc4cc(OC)c(Cl)c(-c5cc6cnc(N[C@@H]7COC[C@@H]7NC(=O)C=C)nc6c(N6CCC(F)(F)C6)n5)c4Cl)C3)c2n1. The maximum absolute atomic E-state index is 14.9. The van der Waals surface area contributed by atoms with Crippen molar-refractivity contribution < 1.29 is 46.8 Å². The molecule has 4 aliphatic heterocycles. The predicted molar refractivity (Wildman–Crippen MR) is 301 cm³/mol. The zero-order valence-electron chi connectivity index (χ0n) is 43.3. The van der Waals surface area contributed by atoms with Crippen LogP contribution in [0.2, 0.25) is 20.1 Å². The van der Waals surface area contributed by atoms with Crippen molar-refractivity contribution in [2.24, 2.45) is 5.92 Å². The van der Waals surface area contributed by atoms with Crippen molar-refractivity contribution in [2.75, 3.05) is 101 Å². The topological polar surface area (TPSA) is 226 Å². The number of pyridine rings is 2. The van der Waals surface area contributed by atoms with Gasteiger partial charge in [-0.15, -0.1) is 0 Å². The molecule has 4 saturated heterocycles. The zero-order chi connectivity index (χ0) is 56.4. The normalized spacial score (nSPS) is 20.3. The quantitative estimate of drug-likeness (QED) is 0.0630. The van der Waals surface area contributed by atoms with Gasteiger partial charge in [0, 0.05) is 72.5 Å². The monoisotopic (exact) mass is 1180 g/mol. The summed E-state index contributed by atoms with van der Waals surface area (Å²) in [7, 11) is 4.40. The first kappa shape index (κ1) is 56.0. The van der Waals surface area contributed by atoms with Crippen LogP contribution < -0.4 is 50.0 Å². The number of amides is 2. The molecule has 4 N–H and O–H groups in total. The van der Waals surface area contributed by atoms with Gasteiger partial charge in [-0.2, -0.15) is 0 Å². The van der Waals surface area contributed by atoms with Crippen molar-refractivity contribution in [3.8, 4) is 51.6 Å². The molecule has 8 heterocycles. The summed E-state index contributed by atoms with van der Waals surface area (Å²) in [5.74, 6) is -1.78. The van der Waals surface area contributed by atoms with Gasteiger partial charge in [0.15, 0.2) is 17.4 Å². The summed E-state index contributed by atoms with van der Waals surface area (Å²) in [6.07, 6.45) is 5.79. The summed E-state index contributed by atoms with van der Waals surface area (Å²) in [6.45, 7) is 8.27. The molecule has 5 atom stereocenters. The number of benzene rings is 2. The Hall–Kier alpha value is -7.33. The van der Waals surface area contributed by atoms with Gasteiger partial charge in [-0.05, 0) is 35.6 Å². The molecular formula is C53H52Cl4F2N13O8+. The summed E-state index contributed by atoms with van der Waals surface area (Å²) >= 11 is 28.0. The number of alkyl halides is 2. The molecule has 0 radical (unpaired) electrons. The first-order chi connectivity index (χ1) is 38.6. The number of ether oxygens (including phenoxy) is 6. The Morgan fingerprint density at radius 1 is 0.713 bits per heavy atom. The second-order valence-corrected chi connectivity index (χ2v) is 20.5. The van der Waals surface area contributed by atoms with E-state index < -0.39 is 31.0 Å². The smallest absolute Gasteiger partial charge is 0.405 e. The molecule has 0 saturated carbocycles. The van der Waals surface area contributed by atoms with E-state index in [0.29, 0.717) is 77.6 Å². The second kappa shape index (κ2) is 23.8. The number of carbonyl (C=O) groups excluding carboxylic acids is 2. The molecule has 21 nitrogen and oxygen atoms in total. The lowest BCUT2D eigenvalue weighted by Crippen LogP contribution is -2.45. The lowest BCUT2D eigenvalue weighted by Gasteiger charge is -2.22. The van der Waals surface area contributed by atoms with Crippen LogP contribution in [0.1, 0.15) is 12.8 Å². The van der Waals surface area contributed by atoms with Gasteiger partial charge in [0.05, 0.1) is 110 Å². The largest absolute Gasteiger partial charge is 0.495 e. The molecule has 27 heteroatoms. The third kappa shape index (κ3) is 11.6. The Labute approximate surface area is 477 Å². The molecule has 6 aromatic rings. The number of halogens is 6. The van der Waals surface area contributed by atoms with E-state index in [0.717, 1.165) is 0 Å². The van der Waals surface area contributed by atoms with E-state index in [1.807, 2.05) is 0 Å². The fourth-order valence-electron chi connectivity index (χ4n) is 9.79. The third-order valence-electron chi connectivity index (χ3n) is 13.9. The summed E-state index contributed by atoms with van der Waals surface area (Å²) < 4.78 is 64.0. The van der Waals surface area contributed by atoms with Crippen LogP contribution in [-0.4, -0.2) is 152 Å². The fourth-order valence-corrected chi connectivity index (χ4v) is 11.2. The molecule has 0 spiro atoms. The average Bonchev–Trinajstić information content (AvgIpc) is 4.41. The highest BCUT2D eigenvalue weighted by Crippen LogP contribution is 2.49. The minimum absolute atomic E-state index is 0.00949. The molecule has 0 aliphatic carbocycles. The van der Waals surface area contributed by atoms with E-state index >= 15 is 0 Å². The van der Waals surface area contributed by atoms with Crippen molar-refractivity contribution in [3.05, 3.63) is 86.9 Å². The van der Waals surface area contributed by atoms with Gasteiger partial charge in [0.2, 0.25) is 23.7 Å². The van der Waals surface area contributed by atoms with E-state index in [1.54, 1.807) is 24.4 Å². The highest BCUT2D eigenvalue weighted by Gasteiger charge is 2.40. The molecule has 1 unspecified atom stereocenters. The van der Waals surface area contributed by atoms with Gasteiger partial charge in [-0.25, -0.2) is 38.7 Å². The number of methoxy groups -OCH3 is 3. The minimum Gasteiger partial charge on any atom is -0.495 e. The maximum atomic E-state index is 14.9. The summed E-state index contributed by atoms with van der Waals surface area (Å²) in [5, 5.41) is 13.9. The van der Waals surface area contributed by atoms with Crippen LogP contribution >= 0.6 is 46.4 Å². The standard InChI is InChI=1S/C53H51Cl4F2N13O8/c1-6-39(73)63-31-20-78-22-33(31)67-51-61-17-27-12-29(41-43(54)35(75-3)14-36(76-4)44(41)55)65-49(47(27)69-51)71-10-8-26(19-71)16-60-25-80-38-15-37(77-5)45(56)42(46(38)57)30-13-28-18-62-52(68-34-23-79-21-32(34)64-40(74)7-2)70-48(28)50(66-30)72-11-9-53(58,59)24-72/h6-7,12-15,17-18,26,31-34H,1-2,8-11,19-25H2,3-5H3,(H3-,61,62,63,64,67,68,69,70,73,74)/p+1/t26?,31-,32-,33+,34+/m0/s1. The average molecular weight is 1180 g/mol. The Morgan fingerprint density at radius 2 is 1.19 bits per heavy atom. The number of hydrogen-bond acceptors (Lipinski definition) is 18. The highest BCUT2D eigenvalue weighted by atomic mass is 35.5. The Kier molecular flexibility index (Phi) is 16.6. The minimum atomic E-state index is -2.98. The van der Waals surface area contributed by atoms with Crippen LogP contribution in [0.5, 0.6) is 23.0 Å². The number of carbonyl (C=O) groups is 2. The van der Waals surface area contributed by atoms with Crippen LogP contribution in [0.4, 0.5) is 32.3 Å². The van der Waals surface area contributed by atoms with Crippen molar-refractivity contribution >= 4 is 104 Å². The zero-order valence-corrected chi connectivity index (χ0v) is 46.3. The van der Waals surface area contributed by atoms with Crippen LogP contribution in [0, 0.1) is 12.0 Å². The number of hydrogen-bond donors (Lipinski definition) is 4. The van der Waals surface area contributed by atoms with E-state index in [-0.39, 0.29) is 122 Å². The molecule has 10 rings (SSSR count). The Balaban J connectivity index is 0.920. The lowest BCUT2D eigenvalue weighted by molar-refractivity contribution is -0.118. The van der Waals surface area contributed by atoms with E-state index in [4.69, 9.17) is 94.8 Å². The van der Waals surface area contributed by atoms with Gasteiger partial charge in [0.25, 0.3) is 12.0 Å². The lowest BCUT2D eigenvalue weighted by atomic mass is 10.1. The fraction of sp³-hybridized carbons (Fsp3) is 0.377. The first-order valence-electron chi connectivity index (χ1n) is 25.1. The molecule has 418 valence electrons. The Bertz CT molecular complexity index is 3480. The molecule has 4 aliphatic rings. The van der Waals surface area contributed by atoms with Crippen molar-refractivity contribution in [2.45, 2.75) is 42.9 Å². The molecule has 2 amide bonds. The van der Waals surface area contributed by atoms with Crippen LogP contribution in [0.15, 0.2) is 62.0 Å². The number of anilines is 4. The van der Waals surface area contributed by atoms with Crippen molar-refractivity contribution in [3.63, 3.8) is 0 Å². The maximum Gasteiger partial charge on any atom is 0.405 e. The van der Waals surface area contributed by atoms with E-state index in [9.17, 15) is 18.4 Å². The number of rotatable bonds is 17. The van der Waals surface area contributed by atoms with E-state index in [2.05, 4.69) is 60.2 Å². The number of nitrogens with zero attached hydrogens (tertiary/aromatic N) is 9. The molecule has 2 aromatic carbocycles. The molecule has 4 aromatic heterocycles. The van der Waals surface area contributed by atoms with Crippen LogP contribution in [0.3, 0.4) is 0 Å². The molecule has 80 heavy (non-hydrogen) atoms. The summed E-state index contributed by atoms with van der Waals surface area (Å²) in [4.78, 5) is 61.2. The Morgan fingerprint density at radius 3 is 1.66 bits per heavy atom. The molecule has 4 fully saturated rings.